The van der Waals surface area contributed by atoms with Crippen LogP contribution in [0.25, 0.3) is 11.1 Å². The third kappa shape index (κ3) is 5.02. The molecule has 0 spiro atoms. The number of rotatable bonds is 6. The Bertz CT molecular complexity index is 914. The Balaban J connectivity index is 1.78. The fourth-order valence-corrected chi connectivity index (χ4v) is 3.86. The number of benzene rings is 2. The van der Waals surface area contributed by atoms with Crippen molar-refractivity contribution in [3.8, 4) is 11.1 Å². The van der Waals surface area contributed by atoms with Gasteiger partial charge in [-0.3, -0.25) is 4.79 Å². The highest BCUT2D eigenvalue weighted by Crippen LogP contribution is 2.29. The molecule has 0 aliphatic carbocycles. The maximum Gasteiger partial charge on any atom is 0.353 e. The molecule has 6 heteroatoms. The molecule has 2 aromatic rings. The van der Waals surface area contributed by atoms with Gasteiger partial charge < -0.3 is 14.2 Å². The van der Waals surface area contributed by atoms with Gasteiger partial charge in [0, 0.05) is 18.1 Å². The molecule has 0 saturated carbocycles. The fraction of sp³-hybridized carbons (Fsp3) is 0.417. The lowest BCUT2D eigenvalue weighted by Gasteiger charge is -2.34. The molecular formula is C24H27ClO5. The molecule has 1 fully saturated rings. The highest BCUT2D eigenvalue weighted by Gasteiger charge is 2.46. The molecule has 1 aliphatic heterocycles. The Kier molecular flexibility index (Phi) is 7.16. The average Bonchev–Trinajstić information content (AvgIpc) is 2.72. The predicted octanol–water partition coefficient (Wildman–Crippen LogP) is 4.82. The number of ether oxygens (including phenoxy) is 3. The van der Waals surface area contributed by atoms with E-state index in [1.54, 1.807) is 6.92 Å². The van der Waals surface area contributed by atoms with E-state index in [2.05, 4.69) is 6.07 Å². The van der Waals surface area contributed by atoms with E-state index >= 15 is 0 Å². The van der Waals surface area contributed by atoms with Crippen LogP contribution in [-0.4, -0.2) is 37.4 Å². The van der Waals surface area contributed by atoms with Crippen LogP contribution >= 0.6 is 11.6 Å². The van der Waals surface area contributed by atoms with Crippen LogP contribution in [-0.2, 0) is 30.2 Å². The highest BCUT2D eigenvalue weighted by atomic mass is 35.5. The van der Waals surface area contributed by atoms with Crippen molar-refractivity contribution >= 4 is 23.5 Å². The van der Waals surface area contributed by atoms with Gasteiger partial charge in [-0.2, -0.15) is 0 Å². The lowest BCUT2D eigenvalue weighted by atomic mass is 9.93. The average molecular weight is 431 g/mol. The Morgan fingerprint density at radius 2 is 1.87 bits per heavy atom. The molecule has 2 aromatic carbocycles. The van der Waals surface area contributed by atoms with Crippen LogP contribution in [0.4, 0.5) is 0 Å². The number of halogens is 1. The molecule has 0 N–H and O–H groups in total. The fourth-order valence-electron chi connectivity index (χ4n) is 3.73. The summed E-state index contributed by atoms with van der Waals surface area (Å²) in [6.45, 7) is 6.50. The quantitative estimate of drug-likeness (QED) is 0.615. The van der Waals surface area contributed by atoms with Crippen molar-refractivity contribution in [3.05, 3.63) is 58.1 Å². The van der Waals surface area contributed by atoms with E-state index in [-0.39, 0.29) is 19.6 Å². The number of hydrogen-bond acceptors (Lipinski definition) is 5. The number of hydrogen-bond donors (Lipinski definition) is 0. The van der Waals surface area contributed by atoms with Crippen molar-refractivity contribution in [1.82, 2.24) is 0 Å². The van der Waals surface area contributed by atoms with Crippen molar-refractivity contribution in [2.45, 2.75) is 45.6 Å². The minimum atomic E-state index is -1.35. The van der Waals surface area contributed by atoms with Gasteiger partial charge >= 0.3 is 11.9 Å². The second-order valence-corrected chi connectivity index (χ2v) is 8.06. The van der Waals surface area contributed by atoms with Crippen molar-refractivity contribution in [2.24, 2.45) is 0 Å². The normalized spacial score (nSPS) is 18.7. The summed E-state index contributed by atoms with van der Waals surface area (Å²) >= 11 is 5.99. The van der Waals surface area contributed by atoms with E-state index < -0.39 is 17.5 Å². The lowest BCUT2D eigenvalue weighted by Crippen LogP contribution is -2.51. The summed E-state index contributed by atoms with van der Waals surface area (Å²) in [5.41, 5.74) is 3.70. The molecule has 1 saturated heterocycles. The first-order valence-electron chi connectivity index (χ1n) is 10.2. The van der Waals surface area contributed by atoms with Crippen LogP contribution in [0.3, 0.4) is 0 Å². The molecular weight excluding hydrogens is 404 g/mol. The summed E-state index contributed by atoms with van der Waals surface area (Å²) in [6.07, 6.45) is 1.12. The number of esters is 2. The van der Waals surface area contributed by atoms with Gasteiger partial charge in [0.05, 0.1) is 19.6 Å². The number of aryl methyl sites for hydroxylation is 2. The molecule has 30 heavy (non-hydrogen) atoms. The van der Waals surface area contributed by atoms with Crippen LogP contribution in [0.5, 0.6) is 0 Å². The van der Waals surface area contributed by atoms with Gasteiger partial charge in [-0.15, -0.1) is 0 Å². The molecule has 3 rings (SSSR count). The summed E-state index contributed by atoms with van der Waals surface area (Å²) in [7, 11) is 0. The first-order chi connectivity index (χ1) is 14.3. The molecule has 0 aromatic heterocycles. The standard InChI is InChI=1S/C24H27ClO5/c1-4-29-23(27)24(10-5-11-28-15-24)30-22(26)14-19-12-17(3)21(13-16(19)2)18-6-8-20(25)9-7-18/h6-9,12-13H,4-5,10-11,14-15H2,1-3H3. The van der Waals surface area contributed by atoms with Crippen LogP contribution in [0, 0.1) is 13.8 Å². The molecule has 1 unspecified atom stereocenters. The third-order valence-electron chi connectivity index (χ3n) is 5.33. The van der Waals surface area contributed by atoms with Gasteiger partial charge in [0.2, 0.25) is 5.60 Å². The Hall–Kier alpha value is -2.37. The largest absolute Gasteiger partial charge is 0.463 e. The first-order valence-corrected chi connectivity index (χ1v) is 10.6. The minimum absolute atomic E-state index is 0.0328. The molecule has 0 amide bonds. The molecule has 1 heterocycles. The molecule has 1 aliphatic rings. The van der Waals surface area contributed by atoms with Gasteiger partial charge in [0.1, 0.15) is 0 Å². The first kappa shape index (κ1) is 22.3. The number of carbonyl (C=O) groups excluding carboxylic acids is 2. The molecule has 0 bridgehead atoms. The highest BCUT2D eigenvalue weighted by molar-refractivity contribution is 6.30. The van der Waals surface area contributed by atoms with Crippen molar-refractivity contribution in [2.75, 3.05) is 19.8 Å². The molecule has 5 nitrogen and oxygen atoms in total. The third-order valence-corrected chi connectivity index (χ3v) is 5.59. The predicted molar refractivity (Wildman–Crippen MR) is 116 cm³/mol. The van der Waals surface area contributed by atoms with Crippen molar-refractivity contribution < 1.29 is 23.8 Å². The van der Waals surface area contributed by atoms with Gasteiger partial charge in [-0.05, 0) is 67.1 Å². The topological polar surface area (TPSA) is 61.8 Å². The zero-order valence-electron chi connectivity index (χ0n) is 17.6. The Morgan fingerprint density at radius 3 is 2.50 bits per heavy atom. The maximum atomic E-state index is 12.8. The maximum absolute atomic E-state index is 12.8. The van der Waals surface area contributed by atoms with Crippen molar-refractivity contribution in [3.63, 3.8) is 0 Å². The van der Waals surface area contributed by atoms with E-state index in [9.17, 15) is 9.59 Å². The van der Waals surface area contributed by atoms with E-state index in [0.29, 0.717) is 24.5 Å². The van der Waals surface area contributed by atoms with E-state index in [1.165, 1.54) is 0 Å². The summed E-state index contributed by atoms with van der Waals surface area (Å²) < 4.78 is 16.2. The van der Waals surface area contributed by atoms with Crippen LogP contribution in [0.1, 0.15) is 36.5 Å². The lowest BCUT2D eigenvalue weighted by molar-refractivity contribution is -0.196. The van der Waals surface area contributed by atoms with Gasteiger partial charge in [-0.25, -0.2) is 4.79 Å². The van der Waals surface area contributed by atoms with Crippen LogP contribution in [0.15, 0.2) is 36.4 Å². The zero-order valence-corrected chi connectivity index (χ0v) is 18.4. The van der Waals surface area contributed by atoms with Crippen molar-refractivity contribution in [1.29, 1.82) is 0 Å². The molecule has 0 radical (unpaired) electrons. The monoisotopic (exact) mass is 430 g/mol. The summed E-state index contributed by atoms with van der Waals surface area (Å²) in [5.74, 6) is -1.00. The van der Waals surface area contributed by atoms with Gasteiger partial charge in [-0.1, -0.05) is 35.9 Å². The van der Waals surface area contributed by atoms with Gasteiger partial charge in [0.15, 0.2) is 0 Å². The van der Waals surface area contributed by atoms with E-state index in [1.807, 2.05) is 44.2 Å². The summed E-state index contributed by atoms with van der Waals surface area (Å²) in [4.78, 5) is 25.2. The summed E-state index contributed by atoms with van der Waals surface area (Å²) in [5, 5.41) is 0.690. The SMILES string of the molecule is CCOC(=O)C1(OC(=O)Cc2cc(C)c(-c3ccc(Cl)cc3)cc2C)CCCOC1. The second kappa shape index (κ2) is 9.63. The zero-order chi connectivity index (χ0) is 21.7. The Morgan fingerprint density at radius 1 is 1.13 bits per heavy atom. The summed E-state index contributed by atoms with van der Waals surface area (Å²) in [6, 6.07) is 11.7. The molecule has 160 valence electrons. The van der Waals surface area contributed by atoms with Crippen LogP contribution < -0.4 is 0 Å². The molecule has 1 atom stereocenters. The van der Waals surface area contributed by atoms with Gasteiger partial charge in [0.25, 0.3) is 0 Å². The van der Waals surface area contributed by atoms with Crippen LogP contribution in [0.2, 0.25) is 5.02 Å². The number of carbonyl (C=O) groups is 2. The smallest absolute Gasteiger partial charge is 0.353 e. The minimum Gasteiger partial charge on any atom is -0.463 e. The Labute approximate surface area is 182 Å². The second-order valence-electron chi connectivity index (χ2n) is 7.62. The van der Waals surface area contributed by atoms with E-state index in [0.717, 1.165) is 27.8 Å². The van der Waals surface area contributed by atoms with E-state index in [4.69, 9.17) is 25.8 Å².